The summed E-state index contributed by atoms with van der Waals surface area (Å²) >= 11 is 0. The smallest absolute Gasteiger partial charge is 0.333 e. The van der Waals surface area contributed by atoms with Gasteiger partial charge in [0.25, 0.3) is 0 Å². The first-order chi connectivity index (χ1) is 17.2. The van der Waals surface area contributed by atoms with Gasteiger partial charge in [-0.3, -0.25) is 0 Å². The van der Waals surface area contributed by atoms with E-state index in [2.05, 4.69) is 42.2 Å². The lowest BCUT2D eigenvalue weighted by Crippen LogP contribution is -2.40. The molecule has 2 heterocycles. The average Bonchev–Trinajstić information content (AvgIpc) is 2.85. The maximum Gasteiger partial charge on any atom is 0.333 e. The first-order valence-electron chi connectivity index (χ1n) is 12.7. The van der Waals surface area contributed by atoms with Crippen LogP contribution in [0.5, 0.6) is 5.75 Å². The molecule has 35 heavy (non-hydrogen) atoms. The van der Waals surface area contributed by atoms with Gasteiger partial charge in [-0.15, -0.1) is 0 Å². The molecule has 2 aromatic rings. The molecule has 6 heteroatoms. The summed E-state index contributed by atoms with van der Waals surface area (Å²) < 4.78 is 21.8. The highest BCUT2D eigenvalue weighted by Gasteiger charge is 2.25. The summed E-state index contributed by atoms with van der Waals surface area (Å²) in [6, 6.07) is 14.7. The minimum absolute atomic E-state index is 0.248. The molecule has 0 N–H and O–H groups in total. The number of hydrogen-bond acceptors (Lipinski definition) is 6. The van der Waals surface area contributed by atoms with E-state index in [9.17, 15) is 4.79 Å². The fourth-order valence-electron chi connectivity index (χ4n) is 4.47. The van der Waals surface area contributed by atoms with Gasteiger partial charge < -0.3 is 23.8 Å². The van der Waals surface area contributed by atoms with Crippen LogP contribution in [0.4, 0.5) is 5.69 Å². The van der Waals surface area contributed by atoms with E-state index < -0.39 is 0 Å². The van der Waals surface area contributed by atoms with Crippen molar-refractivity contribution in [3.05, 3.63) is 53.6 Å². The first-order valence-corrected chi connectivity index (χ1v) is 12.7. The average molecular weight is 480 g/mol. The van der Waals surface area contributed by atoms with Crippen molar-refractivity contribution in [1.29, 1.82) is 0 Å². The SMILES string of the molecule is CCCCOCCOc1ccc(-c2ccc3c(c2)/C=C(/C(=O)OC)CCCN3CC2COC2)cc1. The molecule has 0 bridgehead atoms. The maximum atomic E-state index is 12.4. The summed E-state index contributed by atoms with van der Waals surface area (Å²) in [5, 5.41) is 0. The van der Waals surface area contributed by atoms with E-state index in [-0.39, 0.29) is 5.97 Å². The van der Waals surface area contributed by atoms with Crippen LogP contribution < -0.4 is 9.64 Å². The molecular weight excluding hydrogens is 442 g/mol. The fourth-order valence-corrected chi connectivity index (χ4v) is 4.47. The fraction of sp³-hybridized carbons (Fsp3) is 0.483. The zero-order chi connectivity index (χ0) is 24.5. The van der Waals surface area contributed by atoms with Gasteiger partial charge in [-0.05, 0) is 66.3 Å². The summed E-state index contributed by atoms with van der Waals surface area (Å²) in [6.07, 6.45) is 5.85. The third kappa shape index (κ3) is 6.86. The van der Waals surface area contributed by atoms with E-state index in [4.69, 9.17) is 18.9 Å². The van der Waals surface area contributed by atoms with Gasteiger partial charge in [0.15, 0.2) is 0 Å². The standard InChI is InChI=1S/C29H37NO5/c1-3-4-14-33-15-16-35-27-10-7-23(8-11-27)24-9-12-28-26(17-24)18-25(29(31)32-2)6-5-13-30(28)19-22-20-34-21-22/h7-12,17-18,22H,3-6,13-16,19-21H2,1-2H3/b25-18+. The Bertz CT molecular complexity index is 997. The minimum atomic E-state index is -0.248. The molecule has 0 amide bonds. The van der Waals surface area contributed by atoms with Gasteiger partial charge in [-0.25, -0.2) is 4.79 Å². The molecule has 2 aliphatic heterocycles. The Labute approximate surface area is 208 Å². The monoisotopic (exact) mass is 479 g/mol. The Morgan fingerprint density at radius 3 is 2.57 bits per heavy atom. The second kappa shape index (κ2) is 12.8. The second-order valence-corrected chi connectivity index (χ2v) is 9.23. The van der Waals surface area contributed by atoms with Crippen LogP contribution in [-0.2, 0) is 19.0 Å². The number of esters is 1. The molecule has 0 atom stereocenters. The van der Waals surface area contributed by atoms with Crippen LogP contribution in [0.2, 0.25) is 0 Å². The lowest BCUT2D eigenvalue weighted by Gasteiger charge is -2.35. The van der Waals surface area contributed by atoms with Crippen molar-refractivity contribution >= 4 is 17.7 Å². The van der Waals surface area contributed by atoms with Crippen molar-refractivity contribution in [2.45, 2.75) is 32.6 Å². The van der Waals surface area contributed by atoms with E-state index in [0.717, 1.165) is 85.9 Å². The van der Waals surface area contributed by atoms with Crippen LogP contribution in [0.1, 0.15) is 38.2 Å². The van der Waals surface area contributed by atoms with Gasteiger partial charge in [0.05, 0.1) is 26.9 Å². The zero-order valence-electron chi connectivity index (χ0n) is 21.0. The normalized spacial score (nSPS) is 17.4. The van der Waals surface area contributed by atoms with Crippen molar-refractivity contribution in [2.24, 2.45) is 5.92 Å². The number of carbonyl (C=O) groups is 1. The van der Waals surface area contributed by atoms with Crippen LogP contribution in [0, 0.1) is 5.92 Å². The van der Waals surface area contributed by atoms with Crippen LogP contribution in [-0.4, -0.2) is 59.2 Å². The zero-order valence-corrected chi connectivity index (χ0v) is 21.0. The van der Waals surface area contributed by atoms with Crippen molar-refractivity contribution in [3.8, 4) is 16.9 Å². The van der Waals surface area contributed by atoms with Crippen LogP contribution >= 0.6 is 0 Å². The van der Waals surface area contributed by atoms with E-state index in [1.54, 1.807) is 0 Å². The van der Waals surface area contributed by atoms with Gasteiger partial charge in [0.2, 0.25) is 0 Å². The van der Waals surface area contributed by atoms with Gasteiger partial charge in [0, 0.05) is 36.9 Å². The predicted octanol–water partition coefficient (Wildman–Crippen LogP) is 5.35. The molecule has 1 fully saturated rings. The number of carbonyl (C=O) groups excluding carboxylic acids is 1. The van der Waals surface area contributed by atoms with Crippen molar-refractivity contribution in [1.82, 2.24) is 0 Å². The largest absolute Gasteiger partial charge is 0.491 e. The Morgan fingerprint density at radius 2 is 1.86 bits per heavy atom. The number of anilines is 1. The molecule has 188 valence electrons. The molecule has 0 saturated carbocycles. The molecular formula is C29H37NO5. The van der Waals surface area contributed by atoms with Gasteiger partial charge in [0.1, 0.15) is 12.4 Å². The van der Waals surface area contributed by atoms with Crippen molar-refractivity contribution in [2.75, 3.05) is 58.1 Å². The Morgan fingerprint density at radius 1 is 1.06 bits per heavy atom. The number of unbranched alkanes of at least 4 members (excludes halogenated alkanes) is 1. The molecule has 2 aliphatic rings. The van der Waals surface area contributed by atoms with Gasteiger partial charge >= 0.3 is 5.97 Å². The maximum absolute atomic E-state index is 12.4. The number of fused-ring (bicyclic) bond motifs is 1. The lowest BCUT2D eigenvalue weighted by molar-refractivity contribution is -0.136. The van der Waals surface area contributed by atoms with Crippen LogP contribution in [0.25, 0.3) is 17.2 Å². The van der Waals surface area contributed by atoms with Crippen molar-refractivity contribution < 1.29 is 23.7 Å². The topological polar surface area (TPSA) is 57.2 Å². The predicted molar refractivity (Wildman–Crippen MR) is 139 cm³/mol. The Kier molecular flexibility index (Phi) is 9.21. The molecule has 2 aromatic carbocycles. The Balaban J connectivity index is 1.51. The lowest BCUT2D eigenvalue weighted by atomic mass is 9.96. The van der Waals surface area contributed by atoms with E-state index in [1.807, 2.05) is 18.2 Å². The van der Waals surface area contributed by atoms with Crippen LogP contribution in [0.15, 0.2) is 48.0 Å². The van der Waals surface area contributed by atoms with E-state index in [1.165, 1.54) is 7.11 Å². The highest BCUT2D eigenvalue weighted by Crippen LogP contribution is 2.33. The highest BCUT2D eigenvalue weighted by molar-refractivity contribution is 5.95. The molecule has 1 saturated heterocycles. The molecule has 0 radical (unpaired) electrons. The number of hydrogen-bond donors (Lipinski definition) is 0. The molecule has 4 rings (SSSR count). The number of benzene rings is 2. The summed E-state index contributed by atoms with van der Waals surface area (Å²) in [4.78, 5) is 14.8. The molecule has 6 nitrogen and oxygen atoms in total. The number of ether oxygens (including phenoxy) is 4. The molecule has 0 aliphatic carbocycles. The third-order valence-electron chi connectivity index (χ3n) is 6.53. The van der Waals surface area contributed by atoms with Gasteiger partial charge in [-0.1, -0.05) is 31.5 Å². The minimum Gasteiger partial charge on any atom is -0.491 e. The van der Waals surface area contributed by atoms with E-state index >= 15 is 0 Å². The summed E-state index contributed by atoms with van der Waals surface area (Å²) in [5.41, 5.74) is 5.14. The highest BCUT2D eigenvalue weighted by atomic mass is 16.5. The van der Waals surface area contributed by atoms with Crippen LogP contribution in [0.3, 0.4) is 0 Å². The van der Waals surface area contributed by atoms with Crippen molar-refractivity contribution in [3.63, 3.8) is 0 Å². The second-order valence-electron chi connectivity index (χ2n) is 9.23. The van der Waals surface area contributed by atoms with E-state index in [0.29, 0.717) is 25.6 Å². The summed E-state index contributed by atoms with van der Waals surface area (Å²) in [6.45, 7) is 7.62. The molecule has 0 spiro atoms. The quantitative estimate of drug-likeness (QED) is 0.320. The number of methoxy groups -OCH3 is 1. The molecule has 0 aromatic heterocycles. The number of nitrogens with zero attached hydrogens (tertiary/aromatic N) is 1. The van der Waals surface area contributed by atoms with Gasteiger partial charge in [-0.2, -0.15) is 0 Å². The molecule has 0 unspecified atom stereocenters. The Hall–Kier alpha value is -2.83. The summed E-state index contributed by atoms with van der Waals surface area (Å²) in [7, 11) is 1.45. The first kappa shape index (κ1) is 25.3. The number of rotatable bonds is 11. The third-order valence-corrected chi connectivity index (χ3v) is 6.53. The summed E-state index contributed by atoms with van der Waals surface area (Å²) in [5.74, 6) is 1.15.